The molecule has 0 spiro atoms. The number of hydrogen-bond donors (Lipinski definition) is 0. The topological polar surface area (TPSA) is 27.1 Å². The van der Waals surface area contributed by atoms with Crippen molar-refractivity contribution in [3.8, 4) is 11.1 Å². The highest BCUT2D eigenvalue weighted by atomic mass is 19.4. The first-order chi connectivity index (χ1) is 11.0. The van der Waals surface area contributed by atoms with Gasteiger partial charge in [-0.25, -0.2) is 4.98 Å². The zero-order valence-corrected chi connectivity index (χ0v) is 12.5. The summed E-state index contributed by atoms with van der Waals surface area (Å²) in [5.41, 5.74) is 2.49. The Morgan fingerprint density at radius 1 is 1.04 bits per heavy atom. The van der Waals surface area contributed by atoms with Crippen LogP contribution in [0.1, 0.15) is 12.7 Å². The Hall–Kier alpha value is -2.34. The van der Waals surface area contributed by atoms with Crippen molar-refractivity contribution in [2.45, 2.75) is 19.8 Å². The zero-order chi connectivity index (χ0) is 16.4. The first-order valence-electron chi connectivity index (χ1n) is 7.21. The molecule has 0 saturated heterocycles. The number of ether oxygens (including phenoxy) is 1. The predicted molar refractivity (Wildman–Crippen MR) is 81.8 cm³/mol. The highest BCUT2D eigenvalue weighted by Crippen LogP contribution is 2.33. The van der Waals surface area contributed by atoms with Crippen molar-refractivity contribution in [1.29, 1.82) is 0 Å². The molecule has 0 amide bonds. The average Bonchev–Trinajstić information content (AvgIpc) is 2.92. The summed E-state index contributed by atoms with van der Waals surface area (Å²) < 4.78 is 45.9. The number of alkyl halides is 3. The highest BCUT2D eigenvalue weighted by Gasteiger charge is 2.37. The van der Waals surface area contributed by atoms with Gasteiger partial charge in [-0.15, -0.1) is 0 Å². The van der Waals surface area contributed by atoms with Crippen molar-refractivity contribution in [1.82, 2.24) is 9.55 Å². The summed E-state index contributed by atoms with van der Waals surface area (Å²) in [5.74, 6) is -0.939. The fourth-order valence-corrected chi connectivity index (χ4v) is 2.46. The molecule has 0 N–H and O–H groups in total. The first-order valence-corrected chi connectivity index (χ1v) is 7.21. The van der Waals surface area contributed by atoms with Gasteiger partial charge < -0.3 is 4.74 Å². The Labute approximate surface area is 131 Å². The van der Waals surface area contributed by atoms with Crippen molar-refractivity contribution < 1.29 is 17.9 Å². The smallest absolute Gasteiger partial charge is 0.361 e. The van der Waals surface area contributed by atoms with E-state index in [1.807, 2.05) is 30.3 Å². The van der Waals surface area contributed by atoms with Crippen LogP contribution < -0.4 is 0 Å². The maximum atomic E-state index is 13.2. The maximum absolute atomic E-state index is 13.2. The minimum Gasteiger partial charge on any atom is -0.361 e. The van der Waals surface area contributed by atoms with Crippen LogP contribution in [0, 0.1) is 0 Å². The summed E-state index contributed by atoms with van der Waals surface area (Å²) in [4.78, 5) is 3.73. The van der Waals surface area contributed by atoms with Gasteiger partial charge in [0.1, 0.15) is 6.73 Å². The van der Waals surface area contributed by atoms with Crippen molar-refractivity contribution in [3.63, 3.8) is 0 Å². The molecule has 0 unspecified atom stereocenters. The molecule has 0 radical (unpaired) electrons. The van der Waals surface area contributed by atoms with Gasteiger partial charge in [0.25, 0.3) is 0 Å². The number of aromatic nitrogens is 2. The molecule has 3 aromatic rings. The molecular formula is C17H15F3N2O. The van der Waals surface area contributed by atoms with E-state index in [0.717, 1.165) is 15.7 Å². The number of fused-ring (bicyclic) bond motifs is 1. The number of benzene rings is 2. The lowest BCUT2D eigenvalue weighted by atomic mass is 10.1. The van der Waals surface area contributed by atoms with Gasteiger partial charge in [-0.3, -0.25) is 4.57 Å². The number of hydrogen-bond acceptors (Lipinski definition) is 2. The van der Waals surface area contributed by atoms with Crippen LogP contribution in [-0.2, 0) is 17.6 Å². The fourth-order valence-electron chi connectivity index (χ4n) is 2.46. The SMILES string of the molecule is CCOCn1c(C(F)(F)F)nc2ccc(-c3ccccc3)cc21. The van der Waals surface area contributed by atoms with E-state index in [9.17, 15) is 13.2 Å². The minimum atomic E-state index is -4.52. The van der Waals surface area contributed by atoms with Crippen LogP contribution in [-0.4, -0.2) is 16.2 Å². The van der Waals surface area contributed by atoms with E-state index in [1.54, 1.807) is 25.1 Å². The number of imidazole rings is 1. The summed E-state index contributed by atoms with van der Waals surface area (Å²) in [6.07, 6.45) is -4.52. The van der Waals surface area contributed by atoms with Gasteiger partial charge in [-0.2, -0.15) is 13.2 Å². The molecule has 0 aliphatic heterocycles. The number of halogens is 3. The van der Waals surface area contributed by atoms with Crippen molar-refractivity contribution in [2.24, 2.45) is 0 Å². The van der Waals surface area contributed by atoms with Crippen molar-refractivity contribution in [2.75, 3.05) is 6.61 Å². The minimum absolute atomic E-state index is 0.180. The molecule has 23 heavy (non-hydrogen) atoms. The third-order valence-electron chi connectivity index (χ3n) is 3.53. The summed E-state index contributed by atoms with van der Waals surface area (Å²) in [7, 11) is 0. The molecule has 6 heteroatoms. The zero-order valence-electron chi connectivity index (χ0n) is 12.5. The van der Waals surface area contributed by atoms with E-state index in [1.165, 1.54) is 0 Å². The second kappa shape index (κ2) is 6.04. The van der Waals surface area contributed by atoms with Gasteiger partial charge in [-0.05, 0) is 30.2 Å². The molecule has 0 fully saturated rings. The molecule has 1 aromatic heterocycles. The molecule has 0 aliphatic carbocycles. The van der Waals surface area contributed by atoms with Gasteiger partial charge in [0.05, 0.1) is 11.0 Å². The molecular weight excluding hydrogens is 305 g/mol. The Morgan fingerprint density at radius 3 is 2.43 bits per heavy atom. The highest BCUT2D eigenvalue weighted by molar-refractivity contribution is 5.82. The van der Waals surface area contributed by atoms with Crippen LogP contribution in [0.5, 0.6) is 0 Å². The molecule has 0 bridgehead atoms. The lowest BCUT2D eigenvalue weighted by molar-refractivity contribution is -0.149. The van der Waals surface area contributed by atoms with Gasteiger partial charge in [0, 0.05) is 6.61 Å². The number of rotatable bonds is 4. The molecule has 3 rings (SSSR count). The largest absolute Gasteiger partial charge is 0.449 e. The quantitative estimate of drug-likeness (QED) is 0.696. The van der Waals surface area contributed by atoms with Crippen molar-refractivity contribution in [3.05, 3.63) is 54.4 Å². The van der Waals surface area contributed by atoms with E-state index in [0.29, 0.717) is 17.6 Å². The summed E-state index contributed by atoms with van der Waals surface area (Å²) in [5, 5.41) is 0. The van der Waals surface area contributed by atoms with Crippen LogP contribution >= 0.6 is 0 Å². The van der Waals surface area contributed by atoms with Crippen LogP contribution in [0.4, 0.5) is 13.2 Å². The third-order valence-corrected chi connectivity index (χ3v) is 3.53. The normalized spacial score (nSPS) is 12.0. The predicted octanol–water partition coefficient (Wildman–Crippen LogP) is 4.72. The van der Waals surface area contributed by atoms with Gasteiger partial charge >= 0.3 is 6.18 Å². The molecule has 3 nitrogen and oxygen atoms in total. The van der Waals surface area contributed by atoms with Crippen LogP contribution in [0.2, 0.25) is 0 Å². The van der Waals surface area contributed by atoms with E-state index in [2.05, 4.69) is 4.98 Å². The average molecular weight is 320 g/mol. The molecule has 120 valence electrons. The van der Waals surface area contributed by atoms with E-state index >= 15 is 0 Å². The Kier molecular flexibility index (Phi) is 4.09. The summed E-state index contributed by atoms with van der Waals surface area (Å²) >= 11 is 0. The van der Waals surface area contributed by atoms with E-state index in [-0.39, 0.29) is 6.73 Å². The molecule has 0 aliphatic rings. The second-order valence-corrected chi connectivity index (χ2v) is 5.05. The fraction of sp³-hybridized carbons (Fsp3) is 0.235. The van der Waals surface area contributed by atoms with Gasteiger partial charge in [-0.1, -0.05) is 36.4 Å². The van der Waals surface area contributed by atoms with Gasteiger partial charge in [0.2, 0.25) is 5.82 Å². The second-order valence-electron chi connectivity index (χ2n) is 5.05. The maximum Gasteiger partial charge on any atom is 0.449 e. The Bertz CT molecular complexity index is 810. The number of nitrogens with zero attached hydrogens (tertiary/aromatic N) is 2. The summed E-state index contributed by atoms with van der Waals surface area (Å²) in [6.45, 7) is 1.89. The lowest BCUT2D eigenvalue weighted by Gasteiger charge is -2.11. The lowest BCUT2D eigenvalue weighted by Crippen LogP contribution is -2.16. The monoisotopic (exact) mass is 320 g/mol. The molecule has 2 aromatic carbocycles. The third kappa shape index (κ3) is 3.07. The van der Waals surface area contributed by atoms with E-state index in [4.69, 9.17) is 4.74 Å². The first kappa shape index (κ1) is 15.6. The summed E-state index contributed by atoms with van der Waals surface area (Å²) in [6, 6.07) is 14.6. The van der Waals surface area contributed by atoms with Crippen molar-refractivity contribution >= 4 is 11.0 Å². The Balaban J connectivity index is 2.17. The van der Waals surface area contributed by atoms with Crippen LogP contribution in [0.25, 0.3) is 22.2 Å². The Morgan fingerprint density at radius 2 is 1.78 bits per heavy atom. The van der Waals surface area contributed by atoms with Crippen LogP contribution in [0.15, 0.2) is 48.5 Å². The van der Waals surface area contributed by atoms with E-state index < -0.39 is 12.0 Å². The molecule has 1 heterocycles. The van der Waals surface area contributed by atoms with Crippen LogP contribution in [0.3, 0.4) is 0 Å². The standard InChI is InChI=1S/C17H15F3N2O/c1-2-23-11-22-15-10-13(12-6-4-3-5-7-12)8-9-14(15)21-16(22)17(18,19)20/h3-10H,2,11H2,1H3. The van der Waals surface area contributed by atoms with Gasteiger partial charge in [0.15, 0.2) is 0 Å². The molecule has 0 saturated carbocycles. The molecule has 0 atom stereocenters.